The Bertz CT molecular complexity index is 694. The van der Waals surface area contributed by atoms with Gasteiger partial charge in [0.2, 0.25) is 0 Å². The lowest BCUT2D eigenvalue weighted by Gasteiger charge is -2.10. The zero-order valence-electron chi connectivity index (χ0n) is 10.7. The van der Waals surface area contributed by atoms with Crippen LogP contribution in [0.25, 0.3) is 0 Å². The van der Waals surface area contributed by atoms with E-state index in [9.17, 15) is 8.42 Å². The number of nitrogens with one attached hydrogen (secondary N) is 1. The quantitative estimate of drug-likeness (QED) is 0.841. The van der Waals surface area contributed by atoms with Crippen molar-refractivity contribution in [1.29, 1.82) is 0 Å². The molecule has 5 nitrogen and oxygen atoms in total. The number of aromatic nitrogens is 1. The number of hydrogen-bond donors (Lipinski definition) is 2. The summed E-state index contributed by atoms with van der Waals surface area (Å²) in [7, 11) is -3.62. The van der Waals surface area contributed by atoms with Gasteiger partial charge in [-0.15, -0.1) is 0 Å². The summed E-state index contributed by atoms with van der Waals surface area (Å²) in [5.41, 5.74) is 8.01. The standard InChI is InChI=1S/C13H15N3O2S/c1-9-7-11(14)4-6-13(9)19(17,18)16-12-5-3-10(2)15-8-12/h3-8,16H,14H2,1-2H3. The van der Waals surface area contributed by atoms with Crippen LogP contribution in [0.3, 0.4) is 0 Å². The molecule has 0 spiro atoms. The van der Waals surface area contributed by atoms with E-state index in [1.807, 2.05) is 6.92 Å². The van der Waals surface area contributed by atoms with Crippen LogP contribution in [0.15, 0.2) is 41.4 Å². The number of anilines is 2. The van der Waals surface area contributed by atoms with Gasteiger partial charge in [0, 0.05) is 11.4 Å². The molecule has 0 fully saturated rings. The molecule has 0 aliphatic carbocycles. The summed E-state index contributed by atoms with van der Waals surface area (Å²) >= 11 is 0. The first-order valence-electron chi connectivity index (χ1n) is 5.70. The Hall–Kier alpha value is -2.08. The largest absolute Gasteiger partial charge is 0.399 e. The Kier molecular flexibility index (Phi) is 3.44. The normalized spacial score (nSPS) is 11.3. The summed E-state index contributed by atoms with van der Waals surface area (Å²) in [6.07, 6.45) is 1.49. The number of rotatable bonds is 3. The summed E-state index contributed by atoms with van der Waals surface area (Å²) in [5, 5.41) is 0. The molecule has 19 heavy (non-hydrogen) atoms. The van der Waals surface area contributed by atoms with Crippen molar-refractivity contribution in [1.82, 2.24) is 4.98 Å². The van der Waals surface area contributed by atoms with Crippen molar-refractivity contribution in [2.24, 2.45) is 0 Å². The smallest absolute Gasteiger partial charge is 0.262 e. The zero-order chi connectivity index (χ0) is 14.0. The molecule has 6 heteroatoms. The highest BCUT2D eigenvalue weighted by atomic mass is 32.2. The number of nitrogen functional groups attached to an aromatic ring is 1. The molecule has 0 bridgehead atoms. The number of benzene rings is 1. The summed E-state index contributed by atoms with van der Waals surface area (Å²) in [6, 6.07) is 8.10. The molecule has 0 atom stereocenters. The average molecular weight is 277 g/mol. The summed E-state index contributed by atoms with van der Waals surface area (Å²) in [4.78, 5) is 4.26. The van der Waals surface area contributed by atoms with Crippen molar-refractivity contribution in [2.45, 2.75) is 18.7 Å². The summed E-state index contributed by atoms with van der Waals surface area (Å²) in [5.74, 6) is 0. The highest BCUT2D eigenvalue weighted by Crippen LogP contribution is 2.20. The van der Waals surface area contributed by atoms with Gasteiger partial charge < -0.3 is 5.73 Å². The van der Waals surface area contributed by atoms with Crippen LogP contribution in [0, 0.1) is 13.8 Å². The summed E-state index contributed by atoms with van der Waals surface area (Å²) < 4.78 is 27.0. The van der Waals surface area contributed by atoms with Crippen molar-refractivity contribution in [3.63, 3.8) is 0 Å². The summed E-state index contributed by atoms with van der Waals surface area (Å²) in [6.45, 7) is 3.54. The van der Waals surface area contributed by atoms with Gasteiger partial charge in [-0.25, -0.2) is 8.42 Å². The molecule has 0 aliphatic rings. The van der Waals surface area contributed by atoms with E-state index in [4.69, 9.17) is 5.73 Å². The minimum Gasteiger partial charge on any atom is -0.399 e. The molecular formula is C13H15N3O2S. The SMILES string of the molecule is Cc1ccc(NS(=O)(=O)c2ccc(N)cc2C)cn1. The topological polar surface area (TPSA) is 85.1 Å². The van der Waals surface area contributed by atoms with Crippen molar-refractivity contribution >= 4 is 21.4 Å². The Morgan fingerprint density at radius 1 is 1.16 bits per heavy atom. The van der Waals surface area contributed by atoms with Gasteiger partial charge in [-0.2, -0.15) is 0 Å². The van der Waals surface area contributed by atoms with Crippen LogP contribution in [0.2, 0.25) is 0 Å². The van der Waals surface area contributed by atoms with Crippen LogP contribution in [-0.4, -0.2) is 13.4 Å². The van der Waals surface area contributed by atoms with E-state index in [0.29, 0.717) is 16.9 Å². The van der Waals surface area contributed by atoms with Crippen LogP contribution in [-0.2, 0) is 10.0 Å². The third kappa shape index (κ3) is 3.03. The van der Waals surface area contributed by atoms with E-state index >= 15 is 0 Å². The van der Waals surface area contributed by atoms with Crippen LogP contribution in [0.4, 0.5) is 11.4 Å². The van der Waals surface area contributed by atoms with Gasteiger partial charge in [-0.05, 0) is 49.7 Å². The second kappa shape index (κ2) is 4.89. The molecule has 0 aliphatic heterocycles. The molecule has 3 N–H and O–H groups in total. The average Bonchev–Trinajstić information content (AvgIpc) is 2.31. The Morgan fingerprint density at radius 2 is 1.89 bits per heavy atom. The van der Waals surface area contributed by atoms with Gasteiger partial charge >= 0.3 is 0 Å². The Balaban J connectivity index is 2.35. The minimum absolute atomic E-state index is 0.210. The number of aryl methyl sites for hydroxylation is 2. The predicted octanol–water partition coefficient (Wildman–Crippen LogP) is 2.08. The van der Waals surface area contributed by atoms with Gasteiger partial charge in [0.25, 0.3) is 10.0 Å². The minimum atomic E-state index is -3.62. The molecular weight excluding hydrogens is 262 g/mol. The fourth-order valence-electron chi connectivity index (χ4n) is 1.71. The molecule has 0 radical (unpaired) electrons. The molecule has 0 saturated heterocycles. The first kappa shape index (κ1) is 13.4. The molecule has 0 amide bonds. The molecule has 1 aromatic carbocycles. The fraction of sp³-hybridized carbons (Fsp3) is 0.154. The second-order valence-corrected chi connectivity index (χ2v) is 5.97. The lowest BCUT2D eigenvalue weighted by Crippen LogP contribution is -2.14. The number of nitrogens with two attached hydrogens (primary N) is 1. The van der Waals surface area contributed by atoms with E-state index in [1.165, 1.54) is 12.3 Å². The Morgan fingerprint density at radius 3 is 2.47 bits per heavy atom. The first-order valence-corrected chi connectivity index (χ1v) is 7.18. The van der Waals surface area contributed by atoms with Crippen LogP contribution in [0.1, 0.15) is 11.3 Å². The van der Waals surface area contributed by atoms with Gasteiger partial charge in [-0.1, -0.05) is 0 Å². The van der Waals surface area contributed by atoms with Crippen LogP contribution >= 0.6 is 0 Å². The number of sulfonamides is 1. The van der Waals surface area contributed by atoms with E-state index < -0.39 is 10.0 Å². The second-order valence-electron chi connectivity index (χ2n) is 4.32. The predicted molar refractivity (Wildman–Crippen MR) is 75.4 cm³/mol. The molecule has 2 aromatic rings. The van der Waals surface area contributed by atoms with E-state index in [1.54, 1.807) is 31.2 Å². The number of hydrogen-bond acceptors (Lipinski definition) is 4. The molecule has 1 aromatic heterocycles. The van der Waals surface area contributed by atoms with E-state index in [2.05, 4.69) is 9.71 Å². The van der Waals surface area contributed by atoms with Crippen molar-refractivity contribution in [2.75, 3.05) is 10.5 Å². The number of pyridine rings is 1. The van der Waals surface area contributed by atoms with Crippen molar-refractivity contribution in [3.8, 4) is 0 Å². The van der Waals surface area contributed by atoms with Crippen LogP contribution < -0.4 is 10.5 Å². The fourth-order valence-corrected chi connectivity index (χ4v) is 2.98. The maximum atomic E-state index is 12.2. The molecule has 0 unspecified atom stereocenters. The molecule has 0 saturated carbocycles. The molecule has 100 valence electrons. The Labute approximate surface area is 112 Å². The van der Waals surface area contributed by atoms with Gasteiger partial charge in [0.05, 0.1) is 16.8 Å². The molecule has 1 heterocycles. The van der Waals surface area contributed by atoms with Crippen LogP contribution in [0.5, 0.6) is 0 Å². The zero-order valence-corrected chi connectivity index (χ0v) is 11.5. The molecule has 2 rings (SSSR count). The van der Waals surface area contributed by atoms with E-state index in [0.717, 1.165) is 5.69 Å². The van der Waals surface area contributed by atoms with Gasteiger partial charge in [0.1, 0.15) is 0 Å². The monoisotopic (exact) mass is 277 g/mol. The lowest BCUT2D eigenvalue weighted by atomic mass is 10.2. The van der Waals surface area contributed by atoms with Gasteiger partial charge in [0.15, 0.2) is 0 Å². The number of nitrogens with zero attached hydrogens (tertiary/aromatic N) is 1. The third-order valence-corrected chi connectivity index (χ3v) is 4.19. The maximum Gasteiger partial charge on any atom is 0.262 e. The van der Waals surface area contributed by atoms with Gasteiger partial charge in [-0.3, -0.25) is 9.71 Å². The van der Waals surface area contributed by atoms with Crippen molar-refractivity contribution in [3.05, 3.63) is 47.8 Å². The highest BCUT2D eigenvalue weighted by Gasteiger charge is 2.16. The third-order valence-electron chi connectivity index (χ3n) is 2.65. The van der Waals surface area contributed by atoms with E-state index in [-0.39, 0.29) is 4.90 Å². The first-order chi connectivity index (χ1) is 8.88. The highest BCUT2D eigenvalue weighted by molar-refractivity contribution is 7.92. The maximum absolute atomic E-state index is 12.2. The van der Waals surface area contributed by atoms with Crippen molar-refractivity contribution < 1.29 is 8.42 Å². The lowest BCUT2D eigenvalue weighted by molar-refractivity contribution is 0.600.